The number of nitrogens with one attached hydrogen (secondary N) is 1. The van der Waals surface area contributed by atoms with Gasteiger partial charge in [0.1, 0.15) is 0 Å². The Morgan fingerprint density at radius 1 is 1.00 bits per heavy atom. The van der Waals surface area contributed by atoms with Gasteiger partial charge in [-0.25, -0.2) is 4.99 Å². The molecule has 0 unspecified atom stereocenters. The predicted octanol–water partition coefficient (Wildman–Crippen LogP) is 2.59. The monoisotopic (exact) mass is 299 g/mol. The molecular weight excluding hydrogens is 282 g/mol. The maximum atomic E-state index is 5.69. The first kappa shape index (κ1) is 15.0. The molecule has 4 nitrogen and oxygen atoms in total. The second-order valence-electron chi connectivity index (χ2n) is 4.37. The average Bonchev–Trinajstić information content (AvgIpc) is 2.53. The molecule has 2 aromatic rings. The minimum atomic E-state index is 0.0596. The fourth-order valence-corrected chi connectivity index (χ4v) is 1.84. The maximum absolute atomic E-state index is 5.69. The first-order valence-electron chi connectivity index (χ1n) is 6.57. The third-order valence-corrected chi connectivity index (χ3v) is 2.96. The number of hydrogen-bond acceptors (Lipinski definition) is 3. The van der Waals surface area contributed by atoms with Crippen molar-refractivity contribution in [3.05, 3.63) is 71.8 Å². The molecule has 0 radical (unpaired) electrons. The van der Waals surface area contributed by atoms with E-state index in [4.69, 9.17) is 22.7 Å². The molecule has 0 aliphatic heterocycles. The highest BCUT2D eigenvalue weighted by Gasteiger charge is 2.01. The van der Waals surface area contributed by atoms with E-state index in [0.29, 0.717) is 13.1 Å². The van der Waals surface area contributed by atoms with Crippen molar-refractivity contribution in [2.45, 2.75) is 13.1 Å². The van der Waals surface area contributed by atoms with Gasteiger partial charge in [-0.05, 0) is 23.3 Å². The molecule has 0 heterocycles. The Bertz CT molecular complexity index is 599. The summed E-state index contributed by atoms with van der Waals surface area (Å²) in [5.74, 6) is 0. The van der Waals surface area contributed by atoms with Gasteiger partial charge in [-0.2, -0.15) is 0 Å². The van der Waals surface area contributed by atoms with Crippen molar-refractivity contribution in [2.24, 2.45) is 10.7 Å². The van der Waals surface area contributed by atoms with Gasteiger partial charge >= 0.3 is 0 Å². The van der Waals surface area contributed by atoms with E-state index in [1.54, 1.807) is 0 Å². The van der Waals surface area contributed by atoms with E-state index < -0.39 is 0 Å². The van der Waals surface area contributed by atoms with Crippen molar-refractivity contribution < 1.29 is 4.74 Å². The van der Waals surface area contributed by atoms with E-state index in [0.717, 1.165) is 11.1 Å². The maximum Gasteiger partial charge on any atom is 0.289 e. The van der Waals surface area contributed by atoms with E-state index in [-0.39, 0.29) is 11.2 Å². The van der Waals surface area contributed by atoms with Crippen molar-refractivity contribution in [1.82, 2.24) is 5.32 Å². The summed E-state index contributed by atoms with van der Waals surface area (Å²) in [4.78, 5) is 4.13. The number of benzene rings is 2. The predicted molar refractivity (Wildman–Crippen MR) is 88.7 cm³/mol. The summed E-state index contributed by atoms with van der Waals surface area (Å²) in [7, 11) is 0. The summed E-state index contributed by atoms with van der Waals surface area (Å²) in [5, 5.41) is 3.19. The van der Waals surface area contributed by atoms with E-state index in [2.05, 4.69) is 10.3 Å². The number of aliphatic imine (C=N–C) groups is 1. The van der Waals surface area contributed by atoms with Gasteiger partial charge in [-0.15, -0.1) is 0 Å². The molecule has 0 aromatic heterocycles. The Kier molecular flexibility index (Phi) is 5.72. The van der Waals surface area contributed by atoms with Crippen molar-refractivity contribution in [3.63, 3.8) is 0 Å². The number of ether oxygens (including phenoxy) is 1. The van der Waals surface area contributed by atoms with Gasteiger partial charge in [-0.3, -0.25) is 0 Å². The number of rotatable bonds is 4. The normalized spacial score (nSPS) is 11.0. The Morgan fingerprint density at radius 3 is 2.19 bits per heavy atom. The first-order valence-corrected chi connectivity index (χ1v) is 6.98. The second-order valence-corrected chi connectivity index (χ2v) is 4.74. The van der Waals surface area contributed by atoms with Gasteiger partial charge in [0.05, 0.1) is 6.54 Å². The summed E-state index contributed by atoms with van der Waals surface area (Å²) < 4.78 is 5.24. The molecule has 0 saturated carbocycles. The van der Waals surface area contributed by atoms with Crippen LogP contribution < -0.4 is 11.1 Å². The number of thiocarbonyl (C=S) groups is 1. The smallest absolute Gasteiger partial charge is 0.289 e. The third-order valence-electron chi connectivity index (χ3n) is 2.74. The van der Waals surface area contributed by atoms with Gasteiger partial charge in [0, 0.05) is 6.54 Å². The lowest BCUT2D eigenvalue weighted by molar-refractivity contribution is 0.513. The highest BCUT2D eigenvalue weighted by atomic mass is 32.1. The molecule has 0 saturated heterocycles. The van der Waals surface area contributed by atoms with Crippen LogP contribution in [-0.2, 0) is 17.8 Å². The number of amidine groups is 1. The Balaban J connectivity index is 1.76. The van der Waals surface area contributed by atoms with Gasteiger partial charge in [0.25, 0.3) is 11.2 Å². The van der Waals surface area contributed by atoms with Crippen LogP contribution in [0.2, 0.25) is 0 Å². The fraction of sp³-hybridized carbons (Fsp3) is 0.125. The zero-order valence-electron chi connectivity index (χ0n) is 11.5. The van der Waals surface area contributed by atoms with Crippen molar-refractivity contribution in [2.75, 3.05) is 0 Å². The molecule has 0 atom stereocenters. The van der Waals surface area contributed by atoms with Crippen LogP contribution in [0, 0.1) is 0 Å². The molecule has 21 heavy (non-hydrogen) atoms. The van der Waals surface area contributed by atoms with Crippen molar-refractivity contribution in [3.8, 4) is 0 Å². The quantitative estimate of drug-likeness (QED) is 0.517. The molecule has 2 aromatic carbocycles. The van der Waals surface area contributed by atoms with Crippen LogP contribution in [0.4, 0.5) is 0 Å². The van der Waals surface area contributed by atoms with Crippen LogP contribution in [0.5, 0.6) is 0 Å². The lowest BCUT2D eigenvalue weighted by Gasteiger charge is -2.08. The molecule has 108 valence electrons. The minimum absolute atomic E-state index is 0.0596. The molecule has 0 bridgehead atoms. The Morgan fingerprint density at radius 2 is 1.57 bits per heavy atom. The molecule has 2 rings (SSSR count). The summed E-state index contributed by atoms with van der Waals surface area (Å²) in [6.07, 6.45) is 0. The molecule has 5 heteroatoms. The summed E-state index contributed by atoms with van der Waals surface area (Å²) in [5.41, 5.74) is 7.87. The zero-order valence-corrected chi connectivity index (χ0v) is 12.3. The number of hydrogen-bond donors (Lipinski definition) is 2. The summed E-state index contributed by atoms with van der Waals surface area (Å²) in [6.45, 7) is 1.06. The molecule has 0 amide bonds. The fourth-order valence-electron chi connectivity index (χ4n) is 1.69. The largest absolute Gasteiger partial charge is 0.399 e. The van der Waals surface area contributed by atoms with E-state index in [1.165, 1.54) is 0 Å². The zero-order chi connectivity index (χ0) is 14.9. The van der Waals surface area contributed by atoms with E-state index in [1.807, 2.05) is 60.7 Å². The number of nitrogens with zero attached hydrogens (tertiary/aromatic N) is 1. The SMILES string of the molecule is NC(=NCc1ccccc1)OC(=S)NCc1ccccc1. The minimum Gasteiger partial charge on any atom is -0.399 e. The molecule has 0 aliphatic carbocycles. The third kappa shape index (κ3) is 5.62. The summed E-state index contributed by atoms with van der Waals surface area (Å²) in [6, 6.07) is 19.8. The van der Waals surface area contributed by atoms with Gasteiger partial charge in [-0.1, -0.05) is 60.7 Å². The molecule has 0 fully saturated rings. The van der Waals surface area contributed by atoms with E-state index >= 15 is 0 Å². The first-order chi connectivity index (χ1) is 10.2. The van der Waals surface area contributed by atoms with Crippen molar-refractivity contribution >= 4 is 23.4 Å². The highest BCUT2D eigenvalue weighted by Crippen LogP contribution is 2.00. The van der Waals surface area contributed by atoms with Gasteiger partial charge < -0.3 is 15.8 Å². The van der Waals surface area contributed by atoms with Crippen LogP contribution >= 0.6 is 12.2 Å². The lowest BCUT2D eigenvalue weighted by Crippen LogP contribution is -2.29. The Labute approximate surface area is 129 Å². The molecule has 0 aliphatic rings. The Hall–Kier alpha value is -2.40. The lowest BCUT2D eigenvalue weighted by atomic mass is 10.2. The molecule has 0 spiro atoms. The topological polar surface area (TPSA) is 59.6 Å². The van der Waals surface area contributed by atoms with Crippen LogP contribution in [0.1, 0.15) is 11.1 Å². The second kappa shape index (κ2) is 8.01. The van der Waals surface area contributed by atoms with Gasteiger partial charge in [0.15, 0.2) is 0 Å². The highest BCUT2D eigenvalue weighted by molar-refractivity contribution is 7.80. The standard InChI is InChI=1S/C16H17N3OS/c17-15(18-11-13-7-3-1-4-8-13)20-16(21)19-12-14-9-5-2-6-10-14/h1-10H,11-12H2,(H2,17,18)(H,19,21). The molecular formula is C16H17N3OS. The van der Waals surface area contributed by atoms with Crippen LogP contribution in [0.3, 0.4) is 0 Å². The van der Waals surface area contributed by atoms with Crippen LogP contribution in [0.25, 0.3) is 0 Å². The summed E-state index contributed by atoms with van der Waals surface area (Å²) >= 11 is 5.07. The van der Waals surface area contributed by atoms with E-state index in [9.17, 15) is 0 Å². The van der Waals surface area contributed by atoms with Crippen LogP contribution in [0.15, 0.2) is 65.7 Å². The molecule has 3 N–H and O–H groups in total. The van der Waals surface area contributed by atoms with Crippen LogP contribution in [-0.4, -0.2) is 11.2 Å². The van der Waals surface area contributed by atoms with Gasteiger partial charge in [0.2, 0.25) is 0 Å². The van der Waals surface area contributed by atoms with Crippen molar-refractivity contribution in [1.29, 1.82) is 0 Å². The average molecular weight is 299 g/mol. The number of nitrogens with two attached hydrogens (primary N) is 1.